The van der Waals surface area contributed by atoms with Crippen molar-refractivity contribution in [1.82, 2.24) is 0 Å². The first-order chi connectivity index (χ1) is 9.84. The number of sulfone groups is 1. The second kappa shape index (κ2) is 5.62. The molecule has 0 aliphatic carbocycles. The summed E-state index contributed by atoms with van der Waals surface area (Å²) in [5.41, 5.74) is 0.646. The molecule has 0 radical (unpaired) electrons. The van der Waals surface area contributed by atoms with Crippen molar-refractivity contribution in [3.05, 3.63) is 76.6 Å². The van der Waals surface area contributed by atoms with E-state index < -0.39 is 26.8 Å². The first-order valence-electron chi connectivity index (χ1n) is 5.98. The third-order valence-corrected chi connectivity index (χ3v) is 4.83. The zero-order valence-electron chi connectivity index (χ0n) is 11.0. The van der Waals surface area contributed by atoms with Gasteiger partial charge in [0.1, 0.15) is 11.6 Å². The van der Waals surface area contributed by atoms with Crippen molar-refractivity contribution in [2.75, 3.05) is 0 Å². The van der Waals surface area contributed by atoms with E-state index in [1.54, 1.807) is 19.1 Å². The summed E-state index contributed by atoms with van der Waals surface area (Å²) in [6, 6.07) is 8.29. The zero-order chi connectivity index (χ0) is 15.6. The van der Waals surface area contributed by atoms with Crippen LogP contribution < -0.4 is 0 Å². The lowest BCUT2D eigenvalue weighted by molar-refractivity contribution is 0.576. The highest BCUT2D eigenvalue weighted by atomic mass is 32.2. The Kier molecular flexibility index (Phi) is 4.05. The van der Waals surface area contributed by atoms with Gasteiger partial charge in [-0.1, -0.05) is 17.7 Å². The molecule has 21 heavy (non-hydrogen) atoms. The Morgan fingerprint density at radius 3 is 2.05 bits per heavy atom. The largest absolute Gasteiger partial charge is 0.350 e. The second-order valence-electron chi connectivity index (χ2n) is 4.54. The van der Waals surface area contributed by atoms with Gasteiger partial charge in [0.25, 0.3) is 9.84 Å². The predicted molar refractivity (Wildman–Crippen MR) is 74.1 cm³/mol. The molecule has 0 amide bonds. The smallest absolute Gasteiger partial charge is 0.291 e. The number of aryl methyl sites for hydroxylation is 1. The van der Waals surface area contributed by atoms with Crippen molar-refractivity contribution < 1.29 is 17.2 Å². The summed E-state index contributed by atoms with van der Waals surface area (Å²) in [4.78, 5) is 2.98. The van der Waals surface area contributed by atoms with Crippen LogP contribution in [0.15, 0.2) is 47.4 Å². The quantitative estimate of drug-likeness (QED) is 0.812. The van der Waals surface area contributed by atoms with Crippen LogP contribution >= 0.6 is 0 Å². The van der Waals surface area contributed by atoms with Gasteiger partial charge in [0.05, 0.1) is 10.5 Å². The van der Waals surface area contributed by atoms with Crippen LogP contribution in [0.5, 0.6) is 0 Å². The monoisotopic (exact) mass is 307 g/mol. The summed E-state index contributed by atoms with van der Waals surface area (Å²) in [6.45, 7) is 8.88. The zero-order valence-corrected chi connectivity index (χ0v) is 11.9. The lowest BCUT2D eigenvalue weighted by atomic mass is 10.2. The van der Waals surface area contributed by atoms with E-state index >= 15 is 0 Å². The second-order valence-corrected chi connectivity index (χ2v) is 6.55. The first-order valence-corrected chi connectivity index (χ1v) is 7.52. The number of halogens is 2. The molecule has 0 spiro atoms. The van der Waals surface area contributed by atoms with Gasteiger partial charge in [0, 0.05) is 6.07 Å². The average molecular weight is 307 g/mol. The molecule has 0 saturated heterocycles. The highest BCUT2D eigenvalue weighted by Crippen LogP contribution is 2.31. The first kappa shape index (κ1) is 15.1. The summed E-state index contributed by atoms with van der Waals surface area (Å²) < 4.78 is 51.3. The molecule has 2 rings (SSSR count). The van der Waals surface area contributed by atoms with Crippen molar-refractivity contribution in [1.29, 1.82) is 0 Å². The van der Waals surface area contributed by atoms with E-state index in [4.69, 9.17) is 6.57 Å². The van der Waals surface area contributed by atoms with E-state index in [0.29, 0.717) is 6.07 Å². The number of rotatable bonds is 3. The minimum absolute atomic E-state index is 0.0567. The molecular formula is C15H11F2NO2S. The van der Waals surface area contributed by atoms with Crippen molar-refractivity contribution in [2.45, 2.75) is 17.2 Å². The fraction of sp³-hybridized carbons (Fsp3) is 0.133. The van der Waals surface area contributed by atoms with Crippen LogP contribution in [-0.4, -0.2) is 8.42 Å². The Morgan fingerprint density at radius 1 is 1.05 bits per heavy atom. The summed E-state index contributed by atoms with van der Waals surface area (Å²) in [7, 11) is -4.04. The van der Waals surface area contributed by atoms with Crippen LogP contribution in [0.25, 0.3) is 4.85 Å². The summed E-state index contributed by atoms with van der Waals surface area (Å²) in [5.74, 6) is -1.84. The standard InChI is InChI=1S/C15H11F2NO2S/c1-10-3-5-14(6-4-10)21(19,20)15(18-2)11-7-12(16)9-13(17)8-11/h3-9,15H,1H3/t15-/m0/s1. The van der Waals surface area contributed by atoms with Crippen LogP contribution in [0.2, 0.25) is 0 Å². The van der Waals surface area contributed by atoms with Gasteiger partial charge in [0.15, 0.2) is 0 Å². The molecule has 0 unspecified atom stereocenters. The molecule has 0 aromatic heterocycles. The molecule has 0 fully saturated rings. The molecule has 0 aliphatic heterocycles. The molecule has 0 saturated carbocycles. The van der Waals surface area contributed by atoms with Crippen LogP contribution in [0.3, 0.4) is 0 Å². The molecule has 3 nitrogen and oxygen atoms in total. The van der Waals surface area contributed by atoms with Crippen LogP contribution in [-0.2, 0) is 9.84 Å². The van der Waals surface area contributed by atoms with E-state index in [9.17, 15) is 17.2 Å². The maximum Gasteiger partial charge on any atom is 0.350 e. The molecule has 2 aromatic rings. The predicted octanol–water partition coefficient (Wildman–Crippen LogP) is 3.67. The molecule has 1 atom stereocenters. The lowest BCUT2D eigenvalue weighted by Crippen LogP contribution is -2.11. The molecule has 0 aliphatic rings. The molecule has 0 bridgehead atoms. The molecular weight excluding hydrogens is 296 g/mol. The third kappa shape index (κ3) is 3.09. The fourth-order valence-electron chi connectivity index (χ4n) is 1.90. The number of benzene rings is 2. The van der Waals surface area contributed by atoms with Gasteiger partial charge in [0.2, 0.25) is 0 Å². The molecule has 0 heterocycles. The van der Waals surface area contributed by atoms with Crippen molar-refractivity contribution in [3.63, 3.8) is 0 Å². The van der Waals surface area contributed by atoms with E-state index in [2.05, 4.69) is 4.85 Å². The van der Waals surface area contributed by atoms with Crippen LogP contribution in [0.1, 0.15) is 16.5 Å². The van der Waals surface area contributed by atoms with Crippen LogP contribution in [0, 0.1) is 25.1 Å². The van der Waals surface area contributed by atoms with Crippen molar-refractivity contribution in [3.8, 4) is 0 Å². The van der Waals surface area contributed by atoms with E-state index in [-0.39, 0.29) is 10.5 Å². The average Bonchev–Trinajstić information content (AvgIpc) is 2.38. The van der Waals surface area contributed by atoms with Gasteiger partial charge in [-0.05, 0) is 31.2 Å². The van der Waals surface area contributed by atoms with E-state index in [1.165, 1.54) is 12.1 Å². The van der Waals surface area contributed by atoms with Crippen LogP contribution in [0.4, 0.5) is 8.78 Å². The summed E-state index contributed by atoms with van der Waals surface area (Å²) >= 11 is 0. The maximum atomic E-state index is 13.2. The van der Waals surface area contributed by atoms with Gasteiger partial charge >= 0.3 is 5.37 Å². The molecule has 6 heteroatoms. The highest BCUT2D eigenvalue weighted by Gasteiger charge is 2.35. The molecule has 2 aromatic carbocycles. The topological polar surface area (TPSA) is 38.5 Å². The third-order valence-electron chi connectivity index (χ3n) is 2.93. The number of nitrogens with zero attached hydrogens (tertiary/aromatic N) is 1. The van der Waals surface area contributed by atoms with Crippen molar-refractivity contribution in [2.24, 2.45) is 0 Å². The SMILES string of the molecule is [C-]#[N+][C@H](c1cc(F)cc(F)c1)S(=O)(=O)c1ccc(C)cc1. The Bertz CT molecular complexity index is 788. The van der Waals surface area contributed by atoms with E-state index in [0.717, 1.165) is 17.7 Å². The Hall–Kier alpha value is -2.26. The minimum Gasteiger partial charge on any atom is -0.291 e. The maximum absolute atomic E-state index is 13.2. The summed E-state index contributed by atoms with van der Waals surface area (Å²) in [5, 5.41) is -1.68. The highest BCUT2D eigenvalue weighted by molar-refractivity contribution is 7.91. The fourth-order valence-corrected chi connectivity index (χ4v) is 3.30. The Morgan fingerprint density at radius 2 is 1.57 bits per heavy atom. The summed E-state index contributed by atoms with van der Waals surface area (Å²) in [6.07, 6.45) is 0. The lowest BCUT2D eigenvalue weighted by Gasteiger charge is -2.08. The Balaban J connectivity index is 2.55. The molecule has 0 N–H and O–H groups in total. The number of hydrogen-bond acceptors (Lipinski definition) is 2. The van der Waals surface area contributed by atoms with Gasteiger partial charge in [-0.25, -0.2) is 23.8 Å². The minimum atomic E-state index is -4.04. The van der Waals surface area contributed by atoms with Crippen molar-refractivity contribution >= 4 is 9.84 Å². The van der Waals surface area contributed by atoms with Gasteiger partial charge < -0.3 is 0 Å². The van der Waals surface area contributed by atoms with Gasteiger partial charge in [-0.15, -0.1) is 0 Å². The molecule has 108 valence electrons. The number of hydrogen-bond donors (Lipinski definition) is 0. The van der Waals surface area contributed by atoms with E-state index in [1.807, 2.05) is 0 Å². The van der Waals surface area contributed by atoms with Gasteiger partial charge in [-0.2, -0.15) is 0 Å². The van der Waals surface area contributed by atoms with Gasteiger partial charge in [-0.3, -0.25) is 4.85 Å². The Labute approximate surface area is 121 Å². The normalized spacial score (nSPS) is 12.7.